The second-order valence-corrected chi connectivity index (χ2v) is 7.57. The lowest BCUT2D eigenvalue weighted by Gasteiger charge is -2.26. The van der Waals surface area contributed by atoms with Crippen LogP contribution in [0.5, 0.6) is 0 Å². The molecule has 0 radical (unpaired) electrons. The van der Waals surface area contributed by atoms with Crippen LogP contribution in [-0.2, 0) is 11.3 Å². The van der Waals surface area contributed by atoms with Crippen LogP contribution in [0.2, 0.25) is 0 Å². The quantitative estimate of drug-likeness (QED) is 0.758. The van der Waals surface area contributed by atoms with Gasteiger partial charge in [-0.25, -0.2) is 0 Å². The average molecular weight is 328 g/mol. The fraction of sp³-hybridized carbons (Fsp3) is 0.769. The molecule has 0 spiro atoms. The minimum Gasteiger partial charge on any atom is -0.481 e. The Hall–Kier alpha value is -0.730. The third-order valence-corrected chi connectivity index (χ3v) is 5.65. The number of thioether (sulfide) groups is 2. The molecule has 2 heterocycles. The Bertz CT molecular complexity index is 498. The molecular weight excluding hydrogens is 308 g/mol. The summed E-state index contributed by atoms with van der Waals surface area (Å²) in [6.45, 7) is 4.15. The lowest BCUT2D eigenvalue weighted by molar-refractivity contribution is -0.133. The Morgan fingerprint density at radius 2 is 2.05 bits per heavy atom. The zero-order valence-corrected chi connectivity index (χ0v) is 13.5. The largest absolute Gasteiger partial charge is 0.481 e. The fourth-order valence-electron chi connectivity index (χ4n) is 2.45. The highest BCUT2D eigenvalue weighted by atomic mass is 32.2. The second kappa shape index (κ2) is 7.02. The molecule has 1 saturated heterocycles. The van der Waals surface area contributed by atoms with Gasteiger partial charge in [0.25, 0.3) is 0 Å². The number of rotatable bonds is 7. The third kappa shape index (κ3) is 4.14. The molecule has 0 unspecified atom stereocenters. The Morgan fingerprint density at radius 1 is 1.29 bits per heavy atom. The maximum absolute atomic E-state index is 10.8. The van der Waals surface area contributed by atoms with Crippen molar-refractivity contribution in [3.8, 4) is 0 Å². The third-order valence-electron chi connectivity index (χ3n) is 3.76. The van der Waals surface area contributed by atoms with E-state index >= 15 is 0 Å². The highest BCUT2D eigenvalue weighted by Gasteiger charge is 2.30. The molecule has 0 amide bonds. The van der Waals surface area contributed by atoms with Gasteiger partial charge in [-0.3, -0.25) is 9.69 Å². The molecule has 6 nitrogen and oxygen atoms in total. The topological polar surface area (TPSA) is 71.2 Å². The minimum atomic E-state index is -0.810. The molecule has 0 bridgehead atoms. The van der Waals surface area contributed by atoms with E-state index in [2.05, 4.69) is 19.7 Å². The van der Waals surface area contributed by atoms with Crippen LogP contribution in [0.3, 0.4) is 0 Å². The predicted molar refractivity (Wildman–Crippen MR) is 84.1 cm³/mol. The number of hydrogen-bond donors (Lipinski definition) is 1. The molecule has 1 aliphatic carbocycles. The van der Waals surface area contributed by atoms with Crippen LogP contribution in [0, 0.1) is 0 Å². The van der Waals surface area contributed by atoms with Crippen molar-refractivity contribution in [3.05, 3.63) is 5.82 Å². The molecule has 1 aromatic heterocycles. The highest BCUT2D eigenvalue weighted by Crippen LogP contribution is 2.40. The van der Waals surface area contributed by atoms with Gasteiger partial charge in [-0.1, -0.05) is 11.8 Å². The first-order valence-electron chi connectivity index (χ1n) is 7.32. The smallest absolute Gasteiger partial charge is 0.313 e. The van der Waals surface area contributed by atoms with Crippen molar-refractivity contribution in [2.75, 3.05) is 36.9 Å². The Balaban J connectivity index is 1.65. The van der Waals surface area contributed by atoms with Crippen molar-refractivity contribution in [2.24, 2.45) is 0 Å². The van der Waals surface area contributed by atoms with Gasteiger partial charge < -0.3 is 9.67 Å². The van der Waals surface area contributed by atoms with Gasteiger partial charge in [0.05, 0.1) is 5.75 Å². The molecule has 1 aromatic rings. The normalized spacial score (nSPS) is 19.8. The van der Waals surface area contributed by atoms with Crippen LogP contribution < -0.4 is 0 Å². The van der Waals surface area contributed by atoms with Crippen molar-refractivity contribution in [1.82, 2.24) is 19.7 Å². The van der Waals surface area contributed by atoms with Gasteiger partial charge in [-0.15, -0.1) is 10.2 Å². The number of aromatic nitrogens is 3. The Labute approximate surface area is 132 Å². The molecule has 0 atom stereocenters. The number of carboxylic acid groups (broad SMARTS) is 1. The van der Waals surface area contributed by atoms with Crippen LogP contribution in [0.25, 0.3) is 0 Å². The number of hydrogen-bond acceptors (Lipinski definition) is 6. The number of aliphatic carboxylic acids is 1. The van der Waals surface area contributed by atoms with Crippen LogP contribution >= 0.6 is 23.5 Å². The summed E-state index contributed by atoms with van der Waals surface area (Å²) in [5, 5.41) is 18.1. The molecule has 21 heavy (non-hydrogen) atoms. The molecule has 1 saturated carbocycles. The summed E-state index contributed by atoms with van der Waals surface area (Å²) in [5.74, 6) is 3.23. The van der Waals surface area contributed by atoms with Gasteiger partial charge in [0, 0.05) is 43.6 Å². The van der Waals surface area contributed by atoms with E-state index in [0.29, 0.717) is 5.92 Å². The van der Waals surface area contributed by atoms with Crippen LogP contribution in [0.4, 0.5) is 0 Å². The van der Waals surface area contributed by atoms with Crippen LogP contribution in [0.15, 0.2) is 5.16 Å². The number of carboxylic acids is 1. The predicted octanol–water partition coefficient (Wildman–Crippen LogP) is 1.38. The summed E-state index contributed by atoms with van der Waals surface area (Å²) < 4.78 is 2.15. The van der Waals surface area contributed by atoms with E-state index in [1.807, 2.05) is 11.8 Å². The van der Waals surface area contributed by atoms with Crippen molar-refractivity contribution in [1.29, 1.82) is 0 Å². The maximum atomic E-state index is 10.8. The van der Waals surface area contributed by atoms with E-state index in [1.165, 1.54) is 36.1 Å². The van der Waals surface area contributed by atoms with Gasteiger partial charge in [0.2, 0.25) is 0 Å². The summed E-state index contributed by atoms with van der Waals surface area (Å²) in [7, 11) is 0. The molecule has 1 N–H and O–H groups in total. The fourth-order valence-corrected chi connectivity index (χ4v) is 4.12. The van der Waals surface area contributed by atoms with Gasteiger partial charge in [0.15, 0.2) is 5.16 Å². The molecule has 8 heteroatoms. The zero-order chi connectivity index (χ0) is 14.7. The molecule has 2 fully saturated rings. The first-order valence-corrected chi connectivity index (χ1v) is 9.46. The lowest BCUT2D eigenvalue weighted by Crippen LogP contribution is -2.35. The second-order valence-electron chi connectivity index (χ2n) is 5.40. The van der Waals surface area contributed by atoms with Crippen molar-refractivity contribution in [2.45, 2.75) is 30.5 Å². The van der Waals surface area contributed by atoms with Crippen molar-refractivity contribution >= 4 is 29.5 Å². The van der Waals surface area contributed by atoms with E-state index in [1.54, 1.807) is 0 Å². The molecule has 3 rings (SSSR count). The number of carbonyl (C=O) groups is 1. The minimum absolute atomic E-state index is 0.0448. The van der Waals surface area contributed by atoms with Crippen molar-refractivity contribution < 1.29 is 9.90 Å². The van der Waals surface area contributed by atoms with Crippen LogP contribution in [0.1, 0.15) is 24.6 Å². The summed E-state index contributed by atoms with van der Waals surface area (Å²) in [5.41, 5.74) is 0. The summed E-state index contributed by atoms with van der Waals surface area (Å²) in [4.78, 5) is 13.2. The van der Waals surface area contributed by atoms with Crippen LogP contribution in [-0.4, -0.2) is 67.6 Å². The van der Waals surface area contributed by atoms with E-state index < -0.39 is 5.97 Å². The van der Waals surface area contributed by atoms with Crippen molar-refractivity contribution in [3.63, 3.8) is 0 Å². The molecule has 2 aliphatic rings. The van der Waals surface area contributed by atoms with Gasteiger partial charge in [-0.05, 0) is 12.8 Å². The molecule has 116 valence electrons. The van der Waals surface area contributed by atoms with E-state index in [4.69, 9.17) is 5.11 Å². The standard InChI is InChI=1S/C13H20N4O2S2/c18-11(19)9-21-13-15-14-12(10-1-2-10)17(13)4-3-16-5-7-20-8-6-16/h10H,1-9H2,(H,18,19). The monoisotopic (exact) mass is 328 g/mol. The van der Waals surface area contributed by atoms with E-state index in [9.17, 15) is 4.79 Å². The van der Waals surface area contributed by atoms with Gasteiger partial charge in [0.1, 0.15) is 5.82 Å². The summed E-state index contributed by atoms with van der Waals surface area (Å²) in [6.07, 6.45) is 2.37. The Morgan fingerprint density at radius 3 is 2.71 bits per heavy atom. The first-order chi connectivity index (χ1) is 10.2. The summed E-state index contributed by atoms with van der Waals surface area (Å²) >= 11 is 3.29. The maximum Gasteiger partial charge on any atom is 0.313 e. The zero-order valence-electron chi connectivity index (χ0n) is 11.9. The highest BCUT2D eigenvalue weighted by molar-refractivity contribution is 7.99. The Kier molecular flexibility index (Phi) is 5.07. The lowest BCUT2D eigenvalue weighted by atomic mass is 10.4. The summed E-state index contributed by atoms with van der Waals surface area (Å²) in [6, 6.07) is 0. The average Bonchev–Trinajstić information content (AvgIpc) is 3.25. The molecule has 0 aromatic carbocycles. The SMILES string of the molecule is O=C(O)CSc1nnc(C2CC2)n1CCN1CCSCC1. The van der Waals surface area contributed by atoms with E-state index in [-0.39, 0.29) is 5.75 Å². The van der Waals surface area contributed by atoms with E-state index in [0.717, 1.165) is 37.2 Å². The van der Waals surface area contributed by atoms with Gasteiger partial charge >= 0.3 is 5.97 Å². The van der Waals surface area contributed by atoms with Gasteiger partial charge in [-0.2, -0.15) is 11.8 Å². The molecule has 1 aliphatic heterocycles. The molecular formula is C13H20N4O2S2. The first kappa shape index (κ1) is 15.2. The number of nitrogens with zero attached hydrogens (tertiary/aromatic N) is 4.